The summed E-state index contributed by atoms with van der Waals surface area (Å²) in [7, 11) is 1.42. The second-order valence-corrected chi connectivity index (χ2v) is 3.39. The SMILES string of the molecule is COC(=O)C(c1cc[nH]c1)C(C)C. The van der Waals surface area contributed by atoms with Crippen LogP contribution in [0.25, 0.3) is 0 Å². The van der Waals surface area contributed by atoms with E-state index in [1.807, 2.05) is 32.3 Å². The fraction of sp³-hybridized carbons (Fsp3) is 0.500. The van der Waals surface area contributed by atoms with Gasteiger partial charge < -0.3 is 9.72 Å². The van der Waals surface area contributed by atoms with Crippen LogP contribution in [0.5, 0.6) is 0 Å². The predicted octanol–water partition coefficient (Wildman–Crippen LogP) is 1.93. The minimum Gasteiger partial charge on any atom is -0.469 e. The van der Waals surface area contributed by atoms with Crippen LogP contribution in [0.4, 0.5) is 0 Å². The maximum absolute atomic E-state index is 11.4. The number of H-pyrrole nitrogens is 1. The molecule has 13 heavy (non-hydrogen) atoms. The predicted molar refractivity (Wildman–Crippen MR) is 50.4 cm³/mol. The third kappa shape index (κ3) is 2.11. The molecule has 0 aliphatic carbocycles. The van der Waals surface area contributed by atoms with Gasteiger partial charge in [-0.05, 0) is 17.5 Å². The van der Waals surface area contributed by atoms with E-state index in [1.165, 1.54) is 7.11 Å². The molecule has 0 aromatic carbocycles. The van der Waals surface area contributed by atoms with Crippen molar-refractivity contribution in [3.05, 3.63) is 24.0 Å². The summed E-state index contributed by atoms with van der Waals surface area (Å²) in [6.07, 6.45) is 3.65. The van der Waals surface area contributed by atoms with Crippen LogP contribution in [0.1, 0.15) is 25.3 Å². The molecule has 0 radical (unpaired) electrons. The Morgan fingerprint density at radius 2 is 2.23 bits per heavy atom. The van der Waals surface area contributed by atoms with Crippen LogP contribution in [0.3, 0.4) is 0 Å². The van der Waals surface area contributed by atoms with Crippen LogP contribution in [0.2, 0.25) is 0 Å². The van der Waals surface area contributed by atoms with E-state index in [4.69, 9.17) is 4.74 Å². The average Bonchev–Trinajstić information content (AvgIpc) is 2.56. The molecule has 0 fully saturated rings. The topological polar surface area (TPSA) is 42.1 Å². The molecule has 1 unspecified atom stereocenters. The fourth-order valence-electron chi connectivity index (χ4n) is 1.45. The minimum absolute atomic E-state index is 0.156. The summed E-state index contributed by atoms with van der Waals surface area (Å²) < 4.78 is 4.74. The molecule has 0 amide bonds. The highest BCUT2D eigenvalue weighted by molar-refractivity contribution is 5.78. The van der Waals surface area contributed by atoms with Crippen LogP contribution in [0.15, 0.2) is 18.5 Å². The molecule has 1 heterocycles. The van der Waals surface area contributed by atoms with Crippen molar-refractivity contribution in [3.8, 4) is 0 Å². The molecule has 1 aromatic heterocycles. The quantitative estimate of drug-likeness (QED) is 0.724. The number of ether oxygens (including phenoxy) is 1. The zero-order valence-electron chi connectivity index (χ0n) is 8.20. The van der Waals surface area contributed by atoms with Crippen molar-refractivity contribution in [2.75, 3.05) is 7.11 Å². The van der Waals surface area contributed by atoms with Crippen molar-refractivity contribution >= 4 is 5.97 Å². The average molecular weight is 181 g/mol. The zero-order chi connectivity index (χ0) is 9.84. The van der Waals surface area contributed by atoms with Gasteiger partial charge in [-0.15, -0.1) is 0 Å². The molecular formula is C10H15NO2. The standard InChI is InChI=1S/C10H15NO2/c1-7(2)9(10(12)13-3)8-4-5-11-6-8/h4-7,9,11H,1-3H3. The molecule has 3 nitrogen and oxygen atoms in total. The van der Waals surface area contributed by atoms with Gasteiger partial charge in [0, 0.05) is 12.4 Å². The smallest absolute Gasteiger partial charge is 0.313 e. The second kappa shape index (κ2) is 4.12. The lowest BCUT2D eigenvalue weighted by Crippen LogP contribution is -2.18. The fourth-order valence-corrected chi connectivity index (χ4v) is 1.45. The van der Waals surface area contributed by atoms with E-state index in [9.17, 15) is 4.79 Å². The Morgan fingerprint density at radius 3 is 2.62 bits per heavy atom. The summed E-state index contributed by atoms with van der Waals surface area (Å²) in [4.78, 5) is 14.4. The van der Waals surface area contributed by atoms with E-state index in [0.717, 1.165) is 5.56 Å². The Hall–Kier alpha value is -1.25. The van der Waals surface area contributed by atoms with Crippen LogP contribution >= 0.6 is 0 Å². The van der Waals surface area contributed by atoms with E-state index in [-0.39, 0.29) is 17.8 Å². The van der Waals surface area contributed by atoms with Gasteiger partial charge in [-0.3, -0.25) is 4.79 Å². The largest absolute Gasteiger partial charge is 0.469 e. The number of hydrogen-bond acceptors (Lipinski definition) is 2. The number of aromatic nitrogens is 1. The van der Waals surface area contributed by atoms with Crippen LogP contribution in [0, 0.1) is 5.92 Å². The number of carbonyl (C=O) groups excluding carboxylic acids is 1. The molecule has 1 aromatic rings. The van der Waals surface area contributed by atoms with Crippen LogP contribution in [-0.4, -0.2) is 18.1 Å². The lowest BCUT2D eigenvalue weighted by Gasteiger charge is -2.16. The number of aromatic amines is 1. The summed E-state index contributed by atoms with van der Waals surface area (Å²) in [6.45, 7) is 4.02. The van der Waals surface area contributed by atoms with Crippen molar-refractivity contribution in [3.63, 3.8) is 0 Å². The van der Waals surface area contributed by atoms with Crippen LogP contribution < -0.4 is 0 Å². The molecule has 0 saturated carbocycles. The number of methoxy groups -OCH3 is 1. The molecule has 0 saturated heterocycles. The van der Waals surface area contributed by atoms with Gasteiger partial charge in [0.15, 0.2) is 0 Å². The van der Waals surface area contributed by atoms with Gasteiger partial charge in [0.25, 0.3) is 0 Å². The third-order valence-corrected chi connectivity index (χ3v) is 2.10. The second-order valence-electron chi connectivity index (χ2n) is 3.39. The van der Waals surface area contributed by atoms with Gasteiger partial charge in [0.2, 0.25) is 0 Å². The Kier molecular flexibility index (Phi) is 3.12. The first-order valence-electron chi connectivity index (χ1n) is 4.37. The highest BCUT2D eigenvalue weighted by atomic mass is 16.5. The molecule has 72 valence electrons. The van der Waals surface area contributed by atoms with Crippen molar-refractivity contribution in [1.29, 1.82) is 0 Å². The summed E-state index contributed by atoms with van der Waals surface area (Å²) in [6, 6.07) is 1.90. The van der Waals surface area contributed by atoms with Gasteiger partial charge in [-0.25, -0.2) is 0 Å². The van der Waals surface area contributed by atoms with E-state index in [1.54, 1.807) is 0 Å². The van der Waals surface area contributed by atoms with E-state index in [2.05, 4.69) is 4.98 Å². The lowest BCUT2D eigenvalue weighted by atomic mass is 9.90. The maximum Gasteiger partial charge on any atom is 0.313 e. The normalized spacial score (nSPS) is 12.9. The molecule has 1 N–H and O–H groups in total. The first-order valence-corrected chi connectivity index (χ1v) is 4.37. The highest BCUT2D eigenvalue weighted by Crippen LogP contribution is 2.24. The molecular weight excluding hydrogens is 166 g/mol. The summed E-state index contributed by atoms with van der Waals surface area (Å²) in [5, 5.41) is 0. The van der Waals surface area contributed by atoms with Crippen LogP contribution in [-0.2, 0) is 9.53 Å². The Bertz CT molecular complexity index is 264. The van der Waals surface area contributed by atoms with E-state index < -0.39 is 0 Å². The zero-order valence-corrected chi connectivity index (χ0v) is 8.20. The van der Waals surface area contributed by atoms with Crippen molar-refractivity contribution < 1.29 is 9.53 Å². The minimum atomic E-state index is -0.172. The molecule has 0 spiro atoms. The van der Waals surface area contributed by atoms with Crippen molar-refractivity contribution in [2.24, 2.45) is 5.92 Å². The number of nitrogens with one attached hydrogen (secondary N) is 1. The number of carbonyl (C=O) groups is 1. The van der Waals surface area contributed by atoms with Gasteiger partial charge >= 0.3 is 5.97 Å². The monoisotopic (exact) mass is 181 g/mol. The molecule has 1 atom stereocenters. The molecule has 3 heteroatoms. The molecule has 0 aliphatic rings. The Balaban J connectivity index is 2.87. The summed E-state index contributed by atoms with van der Waals surface area (Å²) in [5.74, 6) is -0.0749. The first-order chi connectivity index (χ1) is 6.16. The number of rotatable bonds is 3. The van der Waals surface area contributed by atoms with Crippen molar-refractivity contribution in [1.82, 2.24) is 4.98 Å². The number of hydrogen-bond donors (Lipinski definition) is 1. The summed E-state index contributed by atoms with van der Waals surface area (Å²) in [5.41, 5.74) is 0.988. The van der Waals surface area contributed by atoms with E-state index in [0.29, 0.717) is 0 Å². The lowest BCUT2D eigenvalue weighted by molar-refractivity contribution is -0.143. The summed E-state index contributed by atoms with van der Waals surface area (Å²) >= 11 is 0. The van der Waals surface area contributed by atoms with E-state index >= 15 is 0 Å². The van der Waals surface area contributed by atoms with Gasteiger partial charge in [-0.2, -0.15) is 0 Å². The van der Waals surface area contributed by atoms with Gasteiger partial charge in [-0.1, -0.05) is 13.8 Å². The van der Waals surface area contributed by atoms with Gasteiger partial charge in [0.05, 0.1) is 13.0 Å². The Morgan fingerprint density at radius 1 is 1.54 bits per heavy atom. The third-order valence-electron chi connectivity index (χ3n) is 2.10. The molecule has 1 rings (SSSR count). The van der Waals surface area contributed by atoms with Gasteiger partial charge in [0.1, 0.15) is 0 Å². The molecule has 0 bridgehead atoms. The molecule has 0 aliphatic heterocycles. The maximum atomic E-state index is 11.4. The first kappa shape index (κ1) is 9.84. The Labute approximate surface area is 78.1 Å². The van der Waals surface area contributed by atoms with Crippen molar-refractivity contribution in [2.45, 2.75) is 19.8 Å². The highest BCUT2D eigenvalue weighted by Gasteiger charge is 2.24. The number of esters is 1.